The first-order chi connectivity index (χ1) is 11.6. The van der Waals surface area contributed by atoms with Gasteiger partial charge in [-0.15, -0.1) is 0 Å². The number of fused-ring (bicyclic) bond motifs is 2. The van der Waals surface area contributed by atoms with Crippen molar-refractivity contribution in [2.75, 3.05) is 0 Å². The number of nitrogens with zero attached hydrogens (tertiary/aromatic N) is 3. The Morgan fingerprint density at radius 3 is 2.71 bits per heavy atom. The van der Waals surface area contributed by atoms with Crippen molar-refractivity contribution in [2.45, 2.75) is 13.5 Å². The molecule has 24 heavy (non-hydrogen) atoms. The number of ether oxygens (including phenoxy) is 1. The minimum atomic E-state index is -2.93. The first-order valence-corrected chi connectivity index (χ1v) is 7.27. The van der Waals surface area contributed by atoms with Crippen molar-refractivity contribution in [2.24, 2.45) is 0 Å². The standard InChI is InChI=1S/C17H12F2N4O/c1-9-6-10(16-22-11-4-2-3-5-12(11)23-16)15-13(7-9)21-14(8-20-15)24-17(18)19/h2-8,17H,1H3,(H,22,23). The summed E-state index contributed by atoms with van der Waals surface area (Å²) in [5, 5.41) is 0. The van der Waals surface area contributed by atoms with E-state index in [1.54, 1.807) is 6.07 Å². The number of imidazole rings is 1. The smallest absolute Gasteiger partial charge is 0.388 e. The van der Waals surface area contributed by atoms with Gasteiger partial charge in [-0.05, 0) is 36.8 Å². The van der Waals surface area contributed by atoms with Gasteiger partial charge in [0.05, 0.1) is 28.3 Å². The van der Waals surface area contributed by atoms with Crippen LogP contribution in [0.1, 0.15) is 5.56 Å². The van der Waals surface area contributed by atoms with E-state index < -0.39 is 6.61 Å². The molecule has 0 saturated heterocycles. The molecule has 0 saturated carbocycles. The molecule has 0 fully saturated rings. The Morgan fingerprint density at radius 1 is 1.08 bits per heavy atom. The molecule has 4 aromatic rings. The lowest BCUT2D eigenvalue weighted by atomic mass is 10.1. The highest BCUT2D eigenvalue weighted by Crippen LogP contribution is 2.28. The fourth-order valence-electron chi connectivity index (χ4n) is 2.66. The summed E-state index contributed by atoms with van der Waals surface area (Å²) in [4.78, 5) is 16.2. The number of rotatable bonds is 3. The Balaban J connectivity index is 1.91. The molecular formula is C17H12F2N4O. The molecule has 5 nitrogen and oxygen atoms in total. The number of hydrogen-bond donors (Lipinski definition) is 1. The average Bonchev–Trinajstić information content (AvgIpc) is 2.97. The molecule has 7 heteroatoms. The van der Waals surface area contributed by atoms with Gasteiger partial charge in [0, 0.05) is 5.56 Å². The van der Waals surface area contributed by atoms with Gasteiger partial charge in [-0.2, -0.15) is 8.78 Å². The third-order valence-electron chi connectivity index (χ3n) is 3.62. The van der Waals surface area contributed by atoms with Crippen LogP contribution in [0.25, 0.3) is 33.5 Å². The Morgan fingerprint density at radius 2 is 1.92 bits per heavy atom. The molecule has 0 unspecified atom stereocenters. The maximum Gasteiger partial charge on any atom is 0.388 e. The third kappa shape index (κ3) is 2.54. The SMILES string of the molecule is Cc1cc(-c2nc3ccccc3[nH]2)c2ncc(OC(F)F)nc2c1. The molecule has 2 aromatic carbocycles. The molecule has 0 spiro atoms. The second-order valence-electron chi connectivity index (χ2n) is 5.37. The molecule has 0 atom stereocenters. The molecule has 0 bridgehead atoms. The van der Waals surface area contributed by atoms with Gasteiger partial charge in [0.25, 0.3) is 0 Å². The largest absolute Gasteiger partial charge is 0.415 e. The molecule has 2 heterocycles. The van der Waals surface area contributed by atoms with Crippen LogP contribution >= 0.6 is 0 Å². The van der Waals surface area contributed by atoms with Crippen LogP contribution in [0.4, 0.5) is 8.78 Å². The Kier molecular flexibility index (Phi) is 3.34. The number of H-pyrrole nitrogens is 1. The van der Waals surface area contributed by atoms with Gasteiger partial charge in [0.1, 0.15) is 5.82 Å². The quantitative estimate of drug-likeness (QED) is 0.616. The second kappa shape index (κ2) is 5.52. The monoisotopic (exact) mass is 326 g/mol. The van der Waals surface area contributed by atoms with E-state index in [-0.39, 0.29) is 5.88 Å². The van der Waals surface area contributed by atoms with Crippen molar-refractivity contribution in [1.82, 2.24) is 19.9 Å². The summed E-state index contributed by atoms with van der Waals surface area (Å²) >= 11 is 0. The lowest BCUT2D eigenvalue weighted by Crippen LogP contribution is -2.04. The van der Waals surface area contributed by atoms with Crippen LogP contribution in [-0.4, -0.2) is 26.5 Å². The molecule has 0 aliphatic carbocycles. The number of benzene rings is 2. The fourth-order valence-corrected chi connectivity index (χ4v) is 2.66. The van der Waals surface area contributed by atoms with Gasteiger partial charge in [-0.25, -0.2) is 15.0 Å². The molecule has 0 amide bonds. The zero-order valence-corrected chi connectivity index (χ0v) is 12.6. The van der Waals surface area contributed by atoms with Crippen molar-refractivity contribution in [1.29, 1.82) is 0 Å². The van der Waals surface area contributed by atoms with Gasteiger partial charge in [0.15, 0.2) is 0 Å². The summed E-state index contributed by atoms with van der Waals surface area (Å²) in [6.45, 7) is -1.04. The fraction of sp³-hybridized carbons (Fsp3) is 0.118. The number of nitrogens with one attached hydrogen (secondary N) is 1. The van der Waals surface area contributed by atoms with Gasteiger partial charge in [0.2, 0.25) is 5.88 Å². The molecule has 2 aromatic heterocycles. The molecule has 120 valence electrons. The molecule has 1 N–H and O–H groups in total. The normalized spacial score (nSPS) is 11.5. The highest BCUT2D eigenvalue weighted by molar-refractivity contribution is 5.92. The van der Waals surface area contributed by atoms with Crippen molar-refractivity contribution in [3.05, 3.63) is 48.2 Å². The second-order valence-corrected chi connectivity index (χ2v) is 5.37. The van der Waals surface area contributed by atoms with Crippen molar-refractivity contribution in [3.8, 4) is 17.3 Å². The zero-order valence-electron chi connectivity index (χ0n) is 12.6. The van der Waals surface area contributed by atoms with Crippen LogP contribution in [-0.2, 0) is 0 Å². The number of aromatic nitrogens is 4. The van der Waals surface area contributed by atoms with E-state index in [4.69, 9.17) is 0 Å². The van der Waals surface area contributed by atoms with Crippen LogP contribution in [0.15, 0.2) is 42.6 Å². The van der Waals surface area contributed by atoms with E-state index in [1.807, 2.05) is 37.3 Å². The summed E-state index contributed by atoms with van der Waals surface area (Å²) in [7, 11) is 0. The van der Waals surface area contributed by atoms with E-state index in [0.29, 0.717) is 16.9 Å². The summed E-state index contributed by atoms with van der Waals surface area (Å²) in [5.41, 5.74) is 4.48. The highest BCUT2D eigenvalue weighted by atomic mass is 19.3. The van der Waals surface area contributed by atoms with E-state index in [9.17, 15) is 8.78 Å². The lowest BCUT2D eigenvalue weighted by molar-refractivity contribution is -0.0528. The number of halogens is 2. The van der Waals surface area contributed by atoms with Gasteiger partial charge in [-0.1, -0.05) is 12.1 Å². The Hall–Kier alpha value is -3.09. The Bertz CT molecular complexity index is 1010. The number of aryl methyl sites for hydroxylation is 1. The van der Waals surface area contributed by atoms with Crippen LogP contribution in [0, 0.1) is 6.92 Å². The van der Waals surface area contributed by atoms with E-state index in [0.717, 1.165) is 22.2 Å². The number of para-hydroxylation sites is 2. The number of aromatic amines is 1. The third-order valence-corrected chi connectivity index (χ3v) is 3.62. The van der Waals surface area contributed by atoms with E-state index >= 15 is 0 Å². The number of alkyl halides is 2. The molecule has 0 aliphatic rings. The molecule has 0 aliphatic heterocycles. The zero-order chi connectivity index (χ0) is 16.7. The molecule has 4 rings (SSSR count). The van der Waals surface area contributed by atoms with Gasteiger partial charge in [-0.3, -0.25) is 0 Å². The van der Waals surface area contributed by atoms with Crippen LogP contribution in [0.2, 0.25) is 0 Å². The summed E-state index contributed by atoms with van der Waals surface area (Å²) < 4.78 is 29.0. The maximum atomic E-state index is 12.4. The molecule has 0 radical (unpaired) electrons. The van der Waals surface area contributed by atoms with E-state index in [1.165, 1.54) is 6.20 Å². The topological polar surface area (TPSA) is 63.7 Å². The first-order valence-electron chi connectivity index (χ1n) is 7.27. The van der Waals surface area contributed by atoms with Crippen molar-refractivity contribution < 1.29 is 13.5 Å². The minimum absolute atomic E-state index is 0.210. The predicted molar refractivity (Wildman–Crippen MR) is 86.0 cm³/mol. The highest BCUT2D eigenvalue weighted by Gasteiger charge is 2.14. The van der Waals surface area contributed by atoms with Crippen LogP contribution in [0.3, 0.4) is 0 Å². The summed E-state index contributed by atoms with van der Waals surface area (Å²) in [5.74, 6) is 0.445. The predicted octanol–water partition coefficient (Wildman–Crippen LogP) is 4.08. The van der Waals surface area contributed by atoms with E-state index in [2.05, 4.69) is 24.7 Å². The lowest BCUT2D eigenvalue weighted by Gasteiger charge is -2.07. The first kappa shape index (κ1) is 14.5. The Labute approximate surface area is 135 Å². The average molecular weight is 326 g/mol. The van der Waals surface area contributed by atoms with Gasteiger partial charge < -0.3 is 9.72 Å². The maximum absolute atomic E-state index is 12.4. The summed E-state index contributed by atoms with van der Waals surface area (Å²) in [6.07, 6.45) is 1.19. The van der Waals surface area contributed by atoms with Crippen LogP contribution in [0.5, 0.6) is 5.88 Å². The van der Waals surface area contributed by atoms with Crippen molar-refractivity contribution in [3.63, 3.8) is 0 Å². The van der Waals surface area contributed by atoms with Crippen LogP contribution < -0.4 is 4.74 Å². The molecular weight excluding hydrogens is 314 g/mol. The van der Waals surface area contributed by atoms with Gasteiger partial charge >= 0.3 is 6.61 Å². The summed E-state index contributed by atoms with van der Waals surface area (Å²) in [6, 6.07) is 11.4. The van der Waals surface area contributed by atoms with Crippen molar-refractivity contribution >= 4 is 22.1 Å². The number of hydrogen-bond acceptors (Lipinski definition) is 4. The minimum Gasteiger partial charge on any atom is -0.415 e.